The molecule has 5 rings (SSSR count). The first kappa shape index (κ1) is 27.4. The van der Waals surface area contributed by atoms with Crippen LogP contribution in [0, 0.1) is 19.7 Å². The topological polar surface area (TPSA) is 104 Å². The van der Waals surface area contributed by atoms with Crippen molar-refractivity contribution < 1.29 is 23.1 Å². The number of pyridine rings is 1. The molecule has 0 unspecified atom stereocenters. The molecule has 3 aromatic heterocycles. The first-order chi connectivity index (χ1) is 18.9. The van der Waals surface area contributed by atoms with Gasteiger partial charge in [-0.1, -0.05) is 0 Å². The Morgan fingerprint density at radius 3 is 2.55 bits per heavy atom. The normalized spacial score (nSPS) is 15.4. The number of imidazole rings is 1. The van der Waals surface area contributed by atoms with E-state index < -0.39 is 29.7 Å². The number of fused-ring (bicyclic) bond motifs is 2. The molecular formula is C29H34F2N6O3. The van der Waals surface area contributed by atoms with E-state index in [2.05, 4.69) is 25.5 Å². The highest BCUT2D eigenvalue weighted by Gasteiger charge is 2.38. The van der Waals surface area contributed by atoms with Gasteiger partial charge in [0.05, 0.1) is 28.0 Å². The fraction of sp³-hybridized carbons (Fsp3) is 0.414. The third-order valence-corrected chi connectivity index (χ3v) is 7.12. The number of rotatable bonds is 5. The Hall–Kier alpha value is -4.15. The van der Waals surface area contributed by atoms with E-state index in [1.807, 2.05) is 19.1 Å². The van der Waals surface area contributed by atoms with Crippen molar-refractivity contribution in [1.82, 2.24) is 19.7 Å². The van der Waals surface area contributed by atoms with Gasteiger partial charge in [0.2, 0.25) is 0 Å². The lowest BCUT2D eigenvalue weighted by Crippen LogP contribution is -2.57. The van der Waals surface area contributed by atoms with Crippen molar-refractivity contribution in [3.05, 3.63) is 59.4 Å². The van der Waals surface area contributed by atoms with E-state index >= 15 is 0 Å². The smallest absolute Gasteiger partial charge is 0.408 e. The molecule has 2 amide bonds. The molecule has 0 saturated carbocycles. The Kier molecular flexibility index (Phi) is 6.93. The van der Waals surface area contributed by atoms with Gasteiger partial charge in [0.25, 0.3) is 5.91 Å². The number of piperidine rings is 1. The maximum atomic E-state index is 14.6. The van der Waals surface area contributed by atoms with Crippen LogP contribution in [0.2, 0.25) is 0 Å². The second kappa shape index (κ2) is 10.1. The van der Waals surface area contributed by atoms with Gasteiger partial charge in [-0.3, -0.25) is 4.79 Å². The zero-order valence-corrected chi connectivity index (χ0v) is 23.3. The van der Waals surface area contributed by atoms with Gasteiger partial charge in [0, 0.05) is 48.3 Å². The molecule has 11 heteroatoms. The van der Waals surface area contributed by atoms with Crippen molar-refractivity contribution in [2.24, 2.45) is 0 Å². The van der Waals surface area contributed by atoms with Crippen LogP contribution >= 0.6 is 0 Å². The molecule has 40 heavy (non-hydrogen) atoms. The molecule has 1 aliphatic rings. The average Bonchev–Trinajstić information content (AvgIpc) is 3.44. The van der Waals surface area contributed by atoms with E-state index in [1.54, 1.807) is 50.6 Å². The van der Waals surface area contributed by atoms with Crippen LogP contribution in [-0.2, 0) is 4.74 Å². The number of amides is 2. The summed E-state index contributed by atoms with van der Waals surface area (Å²) in [7, 11) is 0. The van der Waals surface area contributed by atoms with Crippen LogP contribution in [-0.4, -0.2) is 57.3 Å². The Morgan fingerprint density at radius 1 is 1.15 bits per heavy atom. The number of aromatic amines is 1. The minimum absolute atomic E-state index is 0.196. The predicted octanol–water partition coefficient (Wildman–Crippen LogP) is 5.66. The molecule has 1 aromatic carbocycles. The molecule has 0 atom stereocenters. The number of anilines is 2. The van der Waals surface area contributed by atoms with E-state index in [-0.39, 0.29) is 11.6 Å². The highest BCUT2D eigenvalue weighted by atomic mass is 19.1. The number of ether oxygens (including phenoxy) is 1. The van der Waals surface area contributed by atoms with Crippen molar-refractivity contribution >= 4 is 39.9 Å². The van der Waals surface area contributed by atoms with Crippen molar-refractivity contribution in [3.8, 4) is 0 Å². The number of halogens is 2. The molecule has 4 aromatic rings. The Labute approximate surface area is 230 Å². The largest absolute Gasteiger partial charge is 0.444 e. The summed E-state index contributed by atoms with van der Waals surface area (Å²) in [6.07, 6.45) is 3.49. The molecule has 0 bridgehead atoms. The zero-order valence-electron chi connectivity index (χ0n) is 23.3. The van der Waals surface area contributed by atoms with Gasteiger partial charge in [-0.15, -0.1) is 0 Å². The van der Waals surface area contributed by atoms with Gasteiger partial charge in [-0.05, 0) is 65.7 Å². The molecule has 4 heterocycles. The highest BCUT2D eigenvalue weighted by Crippen LogP contribution is 2.34. The van der Waals surface area contributed by atoms with Gasteiger partial charge < -0.3 is 29.7 Å². The molecule has 3 N–H and O–H groups in total. The molecule has 212 valence electrons. The number of carbonyl (C=O) groups excluding carboxylic acids is 2. The minimum Gasteiger partial charge on any atom is -0.444 e. The van der Waals surface area contributed by atoms with E-state index in [4.69, 9.17) is 4.74 Å². The van der Waals surface area contributed by atoms with Crippen LogP contribution in [0.4, 0.5) is 25.0 Å². The monoisotopic (exact) mass is 552 g/mol. The number of alkyl carbamates (subject to hydrolysis) is 1. The zero-order chi connectivity index (χ0) is 28.8. The molecule has 0 spiro atoms. The van der Waals surface area contributed by atoms with E-state index in [0.29, 0.717) is 48.4 Å². The summed E-state index contributed by atoms with van der Waals surface area (Å²) in [6.45, 7) is 9.30. The molecule has 1 aliphatic heterocycles. The van der Waals surface area contributed by atoms with Crippen LogP contribution in [0.25, 0.3) is 16.6 Å². The number of hydrogen-bond donors (Lipinski definition) is 3. The van der Waals surface area contributed by atoms with Crippen LogP contribution < -0.4 is 15.5 Å². The third kappa shape index (κ3) is 5.45. The van der Waals surface area contributed by atoms with Crippen molar-refractivity contribution in [2.45, 2.75) is 58.6 Å². The second-order valence-corrected chi connectivity index (χ2v) is 11.5. The molecule has 0 aliphatic carbocycles. The third-order valence-electron chi connectivity index (χ3n) is 7.12. The Balaban J connectivity index is 1.36. The van der Waals surface area contributed by atoms with Crippen molar-refractivity contribution in [3.63, 3.8) is 0 Å². The van der Waals surface area contributed by atoms with Crippen LogP contribution in [0.1, 0.15) is 55.4 Å². The maximum absolute atomic E-state index is 14.6. The van der Waals surface area contributed by atoms with Gasteiger partial charge >= 0.3 is 6.09 Å². The summed E-state index contributed by atoms with van der Waals surface area (Å²) in [5.41, 5.74) is 2.36. The highest BCUT2D eigenvalue weighted by molar-refractivity contribution is 6.14. The molecule has 0 radical (unpaired) electrons. The van der Waals surface area contributed by atoms with Gasteiger partial charge in [0.15, 0.2) is 11.5 Å². The number of alkyl halides is 1. The first-order valence-electron chi connectivity index (χ1n) is 13.3. The summed E-state index contributed by atoms with van der Waals surface area (Å²) < 4.78 is 35.6. The van der Waals surface area contributed by atoms with E-state index in [1.165, 1.54) is 6.07 Å². The van der Waals surface area contributed by atoms with E-state index in [0.717, 1.165) is 16.8 Å². The van der Waals surface area contributed by atoms with Crippen LogP contribution in [0.15, 0.2) is 36.7 Å². The molecular weight excluding hydrogens is 518 g/mol. The molecule has 1 saturated heterocycles. The summed E-state index contributed by atoms with van der Waals surface area (Å²) in [4.78, 5) is 35.2. The minimum atomic E-state index is -0.990. The lowest BCUT2D eigenvalue weighted by molar-refractivity contribution is 0.0410. The quantitative estimate of drug-likeness (QED) is 0.297. The van der Waals surface area contributed by atoms with Crippen LogP contribution in [0.5, 0.6) is 0 Å². The molecule has 9 nitrogen and oxygen atoms in total. The fourth-order valence-electron chi connectivity index (χ4n) is 5.24. The molecule has 1 fully saturated rings. The summed E-state index contributed by atoms with van der Waals surface area (Å²) in [5.74, 6) is -0.914. The number of hydrogen-bond acceptors (Lipinski definition) is 5. The first-order valence-corrected chi connectivity index (χ1v) is 13.3. The van der Waals surface area contributed by atoms with Crippen molar-refractivity contribution in [1.29, 1.82) is 0 Å². The SMILES string of the molecule is Cc1cn2cc(NC(=O)c3ccc(N4CCC(CF)(NC(=O)OC(C)(C)C)CC4)c4cc(C)[nH]c34)cc(F)c2n1. The Morgan fingerprint density at radius 2 is 1.88 bits per heavy atom. The number of benzene rings is 1. The number of H-pyrrole nitrogens is 1. The van der Waals surface area contributed by atoms with E-state index in [9.17, 15) is 18.4 Å². The standard InChI is InChI=1S/C29H34F2N6O3/c1-17-12-21-23(36-10-8-29(16-30,9-11-36)35-27(39)40-28(3,4)5)7-6-20(24(21)32-17)26(38)34-19-13-22(31)25-33-18(2)14-37(25)15-19/h6-7,12-15,32H,8-11,16H2,1-5H3,(H,34,38)(H,35,39). The van der Waals surface area contributed by atoms with Crippen molar-refractivity contribution in [2.75, 3.05) is 30.0 Å². The lowest BCUT2D eigenvalue weighted by Gasteiger charge is -2.41. The van der Waals surface area contributed by atoms with Crippen LogP contribution in [0.3, 0.4) is 0 Å². The predicted molar refractivity (Wildman–Crippen MR) is 150 cm³/mol. The number of aromatic nitrogens is 3. The number of nitrogens with one attached hydrogen (secondary N) is 3. The fourth-order valence-corrected chi connectivity index (χ4v) is 5.24. The summed E-state index contributed by atoms with van der Waals surface area (Å²) >= 11 is 0. The Bertz CT molecular complexity index is 1590. The number of aryl methyl sites for hydroxylation is 2. The average molecular weight is 553 g/mol. The maximum Gasteiger partial charge on any atom is 0.408 e. The number of carbonyl (C=O) groups is 2. The number of nitrogens with zero attached hydrogens (tertiary/aromatic N) is 3. The lowest BCUT2D eigenvalue weighted by atomic mass is 9.88. The van der Waals surface area contributed by atoms with Gasteiger partial charge in [0.1, 0.15) is 12.3 Å². The van der Waals surface area contributed by atoms with Gasteiger partial charge in [-0.2, -0.15) is 0 Å². The summed E-state index contributed by atoms with van der Waals surface area (Å²) in [6, 6.07) is 6.82. The second-order valence-electron chi connectivity index (χ2n) is 11.5. The summed E-state index contributed by atoms with van der Waals surface area (Å²) in [5, 5.41) is 6.41. The van der Waals surface area contributed by atoms with Gasteiger partial charge in [-0.25, -0.2) is 18.6 Å².